The summed E-state index contributed by atoms with van der Waals surface area (Å²) in [7, 11) is 1.72. The summed E-state index contributed by atoms with van der Waals surface area (Å²) in [5.41, 5.74) is 0. The number of thiophene rings is 1. The molecule has 0 radical (unpaired) electrons. The zero-order valence-electron chi connectivity index (χ0n) is 18.9. The Kier molecular flexibility index (Phi) is 9.00. The molecule has 30 heavy (non-hydrogen) atoms. The Labute approximate surface area is 186 Å². The van der Waals surface area contributed by atoms with Gasteiger partial charge in [0, 0.05) is 38.0 Å². The van der Waals surface area contributed by atoms with Gasteiger partial charge in [0.15, 0.2) is 5.96 Å². The van der Waals surface area contributed by atoms with E-state index in [1.807, 2.05) is 11.3 Å². The molecule has 2 aliphatic rings. The van der Waals surface area contributed by atoms with E-state index in [0.29, 0.717) is 18.4 Å². The van der Waals surface area contributed by atoms with Crippen LogP contribution in [0.2, 0.25) is 0 Å². The third-order valence-electron chi connectivity index (χ3n) is 6.55. The highest BCUT2D eigenvalue weighted by Gasteiger charge is 2.27. The van der Waals surface area contributed by atoms with Crippen LogP contribution < -0.4 is 10.6 Å². The summed E-state index contributed by atoms with van der Waals surface area (Å²) in [6.07, 6.45) is 5.31. The van der Waals surface area contributed by atoms with Crippen LogP contribution in [0, 0.1) is 11.8 Å². The molecule has 2 N–H and O–H groups in total. The van der Waals surface area contributed by atoms with Gasteiger partial charge in [-0.15, -0.1) is 11.3 Å². The van der Waals surface area contributed by atoms with Crippen LogP contribution in [-0.2, 0) is 4.79 Å². The zero-order chi connectivity index (χ0) is 21.3. The largest absolute Gasteiger partial charge is 0.359 e. The average molecular weight is 434 g/mol. The predicted molar refractivity (Wildman–Crippen MR) is 126 cm³/mol. The SMILES string of the molecule is CCNC(=NCC(c1cccs1)N1CCC(C)CC1)N1CCC(CC(=O)NC)CC1. The van der Waals surface area contributed by atoms with Gasteiger partial charge >= 0.3 is 0 Å². The van der Waals surface area contributed by atoms with E-state index in [0.717, 1.165) is 50.9 Å². The van der Waals surface area contributed by atoms with Gasteiger partial charge in [-0.05, 0) is 69.0 Å². The number of piperidine rings is 2. The monoisotopic (exact) mass is 433 g/mol. The molecule has 7 heteroatoms. The summed E-state index contributed by atoms with van der Waals surface area (Å²) in [4.78, 5) is 23.2. The van der Waals surface area contributed by atoms with Crippen molar-refractivity contribution in [3.8, 4) is 0 Å². The molecule has 0 saturated carbocycles. The minimum atomic E-state index is 0.156. The summed E-state index contributed by atoms with van der Waals surface area (Å²) in [5, 5.41) is 8.45. The van der Waals surface area contributed by atoms with Gasteiger partial charge in [-0.25, -0.2) is 0 Å². The quantitative estimate of drug-likeness (QED) is 0.511. The second-order valence-electron chi connectivity index (χ2n) is 8.75. The fourth-order valence-electron chi connectivity index (χ4n) is 4.52. The molecule has 3 heterocycles. The van der Waals surface area contributed by atoms with Crippen molar-refractivity contribution in [2.75, 3.05) is 46.3 Å². The first-order chi connectivity index (χ1) is 14.6. The molecule has 0 spiro atoms. The van der Waals surface area contributed by atoms with E-state index >= 15 is 0 Å². The van der Waals surface area contributed by atoms with Crippen LogP contribution in [-0.4, -0.2) is 68.0 Å². The minimum Gasteiger partial charge on any atom is -0.359 e. The van der Waals surface area contributed by atoms with Crippen molar-refractivity contribution in [1.82, 2.24) is 20.4 Å². The summed E-state index contributed by atoms with van der Waals surface area (Å²) in [6.45, 7) is 10.5. The van der Waals surface area contributed by atoms with E-state index in [1.54, 1.807) is 7.05 Å². The fraction of sp³-hybridized carbons (Fsp3) is 0.739. The number of aliphatic imine (C=N–C) groups is 1. The highest BCUT2D eigenvalue weighted by Crippen LogP contribution is 2.30. The van der Waals surface area contributed by atoms with Crippen LogP contribution in [0.5, 0.6) is 0 Å². The first kappa shape index (κ1) is 23.1. The van der Waals surface area contributed by atoms with Crippen LogP contribution >= 0.6 is 11.3 Å². The smallest absolute Gasteiger partial charge is 0.220 e. The number of nitrogens with zero attached hydrogens (tertiary/aromatic N) is 3. The number of amides is 1. The van der Waals surface area contributed by atoms with Crippen LogP contribution in [0.4, 0.5) is 0 Å². The maximum absolute atomic E-state index is 11.7. The highest BCUT2D eigenvalue weighted by atomic mass is 32.1. The summed E-state index contributed by atoms with van der Waals surface area (Å²) in [5.74, 6) is 2.51. The van der Waals surface area contributed by atoms with E-state index in [9.17, 15) is 4.79 Å². The number of hydrogen-bond donors (Lipinski definition) is 2. The standard InChI is InChI=1S/C23H39N5OS/c1-4-25-23(28-13-9-19(10-14-28)16-22(29)24-3)26-17-20(21-6-5-15-30-21)27-11-7-18(2)8-12-27/h5-6,15,18-20H,4,7-14,16-17H2,1-3H3,(H,24,29)(H,25,26). The second kappa shape index (κ2) is 11.7. The van der Waals surface area contributed by atoms with Crippen LogP contribution in [0.3, 0.4) is 0 Å². The number of rotatable bonds is 7. The molecule has 6 nitrogen and oxygen atoms in total. The molecule has 1 aromatic heterocycles. The maximum atomic E-state index is 11.7. The lowest BCUT2D eigenvalue weighted by Crippen LogP contribution is -2.46. The molecule has 2 saturated heterocycles. The Morgan fingerprint density at radius 1 is 1.23 bits per heavy atom. The Morgan fingerprint density at radius 3 is 2.57 bits per heavy atom. The molecule has 168 valence electrons. The second-order valence-corrected chi connectivity index (χ2v) is 9.73. The molecule has 0 aromatic carbocycles. The van der Waals surface area contributed by atoms with Crippen LogP contribution in [0.15, 0.2) is 22.5 Å². The fourth-order valence-corrected chi connectivity index (χ4v) is 5.37. The van der Waals surface area contributed by atoms with Gasteiger partial charge in [0.25, 0.3) is 0 Å². The van der Waals surface area contributed by atoms with E-state index in [4.69, 9.17) is 4.99 Å². The Morgan fingerprint density at radius 2 is 1.97 bits per heavy atom. The summed E-state index contributed by atoms with van der Waals surface area (Å²) >= 11 is 1.85. The van der Waals surface area contributed by atoms with E-state index < -0.39 is 0 Å². The molecule has 2 aliphatic heterocycles. The lowest BCUT2D eigenvalue weighted by Gasteiger charge is -2.37. The summed E-state index contributed by atoms with van der Waals surface area (Å²) < 4.78 is 0. The molecule has 3 rings (SSSR count). The van der Waals surface area contributed by atoms with Crippen LogP contribution in [0.1, 0.15) is 56.9 Å². The van der Waals surface area contributed by atoms with Crippen molar-refractivity contribution in [2.45, 2.75) is 52.0 Å². The first-order valence-corrected chi connectivity index (χ1v) is 12.5. The number of hydrogen-bond acceptors (Lipinski definition) is 4. The maximum Gasteiger partial charge on any atom is 0.220 e. The minimum absolute atomic E-state index is 0.156. The van der Waals surface area contributed by atoms with Gasteiger partial charge in [-0.1, -0.05) is 13.0 Å². The zero-order valence-corrected chi connectivity index (χ0v) is 19.7. The molecule has 1 amide bonds. The Balaban J connectivity index is 1.64. The highest BCUT2D eigenvalue weighted by molar-refractivity contribution is 7.10. The number of guanidine groups is 1. The van der Waals surface area contributed by atoms with Gasteiger partial charge in [-0.2, -0.15) is 0 Å². The van der Waals surface area contributed by atoms with Gasteiger partial charge in [0.05, 0.1) is 12.6 Å². The molecule has 0 bridgehead atoms. The average Bonchev–Trinajstić information content (AvgIpc) is 3.29. The predicted octanol–water partition coefficient (Wildman–Crippen LogP) is 3.33. The third-order valence-corrected chi connectivity index (χ3v) is 7.52. The normalized spacial score (nSPS) is 20.9. The van der Waals surface area contributed by atoms with Crippen LogP contribution in [0.25, 0.3) is 0 Å². The molecular weight excluding hydrogens is 394 g/mol. The Bertz CT molecular complexity index is 661. The number of likely N-dealkylation sites (tertiary alicyclic amines) is 2. The van der Waals surface area contributed by atoms with E-state index in [2.05, 4.69) is 51.8 Å². The first-order valence-electron chi connectivity index (χ1n) is 11.6. The van der Waals surface area contributed by atoms with Gasteiger partial charge in [0.1, 0.15) is 0 Å². The molecule has 1 unspecified atom stereocenters. The molecular formula is C23H39N5OS. The van der Waals surface area contributed by atoms with E-state index in [1.165, 1.54) is 30.8 Å². The van der Waals surface area contributed by atoms with Crippen molar-refractivity contribution in [1.29, 1.82) is 0 Å². The van der Waals surface area contributed by atoms with Crippen molar-refractivity contribution in [2.24, 2.45) is 16.8 Å². The number of nitrogens with one attached hydrogen (secondary N) is 2. The molecule has 2 fully saturated rings. The van der Waals surface area contributed by atoms with Gasteiger partial charge < -0.3 is 15.5 Å². The molecule has 1 atom stereocenters. The van der Waals surface area contributed by atoms with Crippen molar-refractivity contribution >= 4 is 23.2 Å². The van der Waals surface area contributed by atoms with Crippen molar-refractivity contribution in [3.05, 3.63) is 22.4 Å². The number of carbonyl (C=O) groups excluding carboxylic acids is 1. The van der Waals surface area contributed by atoms with Gasteiger partial charge in [-0.3, -0.25) is 14.7 Å². The lowest BCUT2D eigenvalue weighted by molar-refractivity contribution is -0.121. The number of carbonyl (C=O) groups is 1. The van der Waals surface area contributed by atoms with Crippen molar-refractivity contribution in [3.63, 3.8) is 0 Å². The summed E-state index contributed by atoms with van der Waals surface area (Å²) in [6, 6.07) is 4.79. The Hall–Kier alpha value is -1.60. The third kappa shape index (κ3) is 6.45. The topological polar surface area (TPSA) is 60.0 Å². The molecule has 0 aliphatic carbocycles. The van der Waals surface area contributed by atoms with Gasteiger partial charge in [0.2, 0.25) is 5.91 Å². The van der Waals surface area contributed by atoms with Crippen molar-refractivity contribution < 1.29 is 4.79 Å². The van der Waals surface area contributed by atoms with E-state index in [-0.39, 0.29) is 5.91 Å². The molecule has 1 aromatic rings. The lowest BCUT2D eigenvalue weighted by atomic mass is 9.93.